The molecule has 0 aromatic carbocycles. The minimum Gasteiger partial charge on any atom is -0.404 e. The maximum absolute atomic E-state index is 5.40. The van der Waals surface area contributed by atoms with Gasteiger partial charge in [0.05, 0.1) is 0 Å². The van der Waals surface area contributed by atoms with Crippen LogP contribution in [0.5, 0.6) is 0 Å². The largest absolute Gasteiger partial charge is 0.404 e. The molecule has 4 N–H and O–H groups in total. The van der Waals surface area contributed by atoms with E-state index in [2.05, 4.69) is 6.58 Å². The Morgan fingerprint density at radius 1 is 1.56 bits per heavy atom. The van der Waals surface area contributed by atoms with E-state index in [-0.39, 0.29) is 0 Å². The van der Waals surface area contributed by atoms with Crippen molar-refractivity contribution in [2.24, 2.45) is 11.5 Å². The average Bonchev–Trinajstić information content (AvgIpc) is 1.87. The first kappa shape index (κ1) is 7.82. The van der Waals surface area contributed by atoms with Gasteiger partial charge in [0.15, 0.2) is 0 Å². The predicted molar refractivity (Wildman–Crippen MR) is 40.4 cm³/mol. The van der Waals surface area contributed by atoms with Gasteiger partial charge in [-0.1, -0.05) is 6.58 Å². The van der Waals surface area contributed by atoms with Crippen LogP contribution in [-0.4, -0.2) is 0 Å². The SMILES string of the molecule is C=C/C(N)=C\C(C)=C/N. The molecule has 0 amide bonds. The summed E-state index contributed by atoms with van der Waals surface area (Å²) >= 11 is 0. The topological polar surface area (TPSA) is 52.0 Å². The first-order valence-corrected chi connectivity index (χ1v) is 2.68. The minimum atomic E-state index is 0.634. The lowest BCUT2D eigenvalue weighted by molar-refractivity contribution is 1.36. The Morgan fingerprint density at radius 2 is 2.11 bits per heavy atom. The van der Waals surface area contributed by atoms with Gasteiger partial charge < -0.3 is 11.5 Å². The molecule has 50 valence electrons. The molecule has 0 aliphatic carbocycles. The number of hydrogen-bond donors (Lipinski definition) is 2. The lowest BCUT2D eigenvalue weighted by Crippen LogP contribution is -1.92. The number of rotatable bonds is 2. The standard InChI is InChI=1S/C7H12N2/c1-3-7(9)4-6(2)5-8/h3-5H,1,8-9H2,2H3/b6-5-,7-4+. The molecule has 0 spiro atoms. The summed E-state index contributed by atoms with van der Waals surface area (Å²) in [5.74, 6) is 0. The summed E-state index contributed by atoms with van der Waals surface area (Å²) in [5, 5.41) is 0. The average molecular weight is 124 g/mol. The second kappa shape index (κ2) is 3.78. The molecule has 2 heteroatoms. The van der Waals surface area contributed by atoms with Crippen molar-refractivity contribution in [2.45, 2.75) is 6.92 Å². The molecule has 0 radical (unpaired) electrons. The van der Waals surface area contributed by atoms with Crippen LogP contribution in [0.4, 0.5) is 0 Å². The summed E-state index contributed by atoms with van der Waals surface area (Å²) in [4.78, 5) is 0. The lowest BCUT2D eigenvalue weighted by atomic mass is 10.2. The first-order chi connectivity index (χ1) is 4.20. The van der Waals surface area contributed by atoms with E-state index in [0.717, 1.165) is 5.57 Å². The summed E-state index contributed by atoms with van der Waals surface area (Å²) in [6, 6.07) is 0. The molecule has 0 aliphatic heterocycles. The summed E-state index contributed by atoms with van der Waals surface area (Å²) in [6.45, 7) is 5.36. The van der Waals surface area contributed by atoms with E-state index in [1.807, 2.05) is 6.92 Å². The number of hydrogen-bond acceptors (Lipinski definition) is 2. The summed E-state index contributed by atoms with van der Waals surface area (Å²) in [6.07, 6.45) is 4.83. The molecule has 0 aromatic heterocycles. The van der Waals surface area contributed by atoms with Crippen LogP contribution in [0.25, 0.3) is 0 Å². The highest BCUT2D eigenvalue weighted by Crippen LogP contribution is 1.94. The van der Waals surface area contributed by atoms with Gasteiger partial charge in [0.1, 0.15) is 0 Å². The molecular formula is C7H12N2. The molecule has 9 heavy (non-hydrogen) atoms. The van der Waals surface area contributed by atoms with E-state index >= 15 is 0 Å². The maximum Gasteiger partial charge on any atom is 0.0311 e. The zero-order valence-electron chi connectivity index (χ0n) is 5.59. The fraction of sp³-hybridized carbons (Fsp3) is 0.143. The third kappa shape index (κ3) is 3.41. The number of allylic oxidation sites excluding steroid dienone is 3. The van der Waals surface area contributed by atoms with E-state index in [0.29, 0.717) is 5.70 Å². The molecule has 0 fully saturated rings. The maximum atomic E-state index is 5.40. The van der Waals surface area contributed by atoms with Crippen LogP contribution in [0.15, 0.2) is 36.2 Å². The quantitative estimate of drug-likeness (QED) is 0.537. The van der Waals surface area contributed by atoms with E-state index in [1.165, 1.54) is 6.20 Å². The van der Waals surface area contributed by atoms with Gasteiger partial charge in [-0.05, 0) is 30.8 Å². The molecule has 0 bridgehead atoms. The van der Waals surface area contributed by atoms with Crippen LogP contribution in [-0.2, 0) is 0 Å². The zero-order chi connectivity index (χ0) is 7.28. The van der Waals surface area contributed by atoms with Gasteiger partial charge in [-0.25, -0.2) is 0 Å². The highest BCUT2D eigenvalue weighted by atomic mass is 14.6. The monoisotopic (exact) mass is 124 g/mol. The van der Waals surface area contributed by atoms with Crippen molar-refractivity contribution >= 4 is 0 Å². The van der Waals surface area contributed by atoms with Gasteiger partial charge in [-0.3, -0.25) is 0 Å². The van der Waals surface area contributed by atoms with E-state index in [1.54, 1.807) is 12.2 Å². The molecule has 0 unspecified atom stereocenters. The van der Waals surface area contributed by atoms with Crippen molar-refractivity contribution in [1.82, 2.24) is 0 Å². The van der Waals surface area contributed by atoms with Crippen molar-refractivity contribution < 1.29 is 0 Å². The van der Waals surface area contributed by atoms with Crippen LogP contribution in [0.2, 0.25) is 0 Å². The fourth-order valence-electron chi connectivity index (χ4n) is 0.370. The van der Waals surface area contributed by atoms with Gasteiger partial charge in [0.2, 0.25) is 0 Å². The second-order valence-electron chi connectivity index (χ2n) is 1.76. The summed E-state index contributed by atoms with van der Waals surface area (Å²) in [5.41, 5.74) is 12.1. The molecule has 0 heterocycles. The normalized spacial score (nSPS) is 13.4. The van der Waals surface area contributed by atoms with Crippen LogP contribution < -0.4 is 11.5 Å². The molecule has 0 saturated heterocycles. The van der Waals surface area contributed by atoms with Gasteiger partial charge in [0.25, 0.3) is 0 Å². The number of nitrogens with two attached hydrogens (primary N) is 2. The third-order valence-corrected chi connectivity index (χ3v) is 0.893. The van der Waals surface area contributed by atoms with Crippen molar-refractivity contribution in [3.05, 3.63) is 36.2 Å². The van der Waals surface area contributed by atoms with E-state index in [4.69, 9.17) is 11.5 Å². The Labute approximate surface area is 55.5 Å². The van der Waals surface area contributed by atoms with Gasteiger partial charge in [-0.15, -0.1) is 0 Å². The molecule has 0 saturated carbocycles. The second-order valence-corrected chi connectivity index (χ2v) is 1.76. The smallest absolute Gasteiger partial charge is 0.0311 e. The third-order valence-electron chi connectivity index (χ3n) is 0.893. The predicted octanol–water partition coefficient (Wildman–Crippen LogP) is 0.878. The van der Waals surface area contributed by atoms with E-state index in [9.17, 15) is 0 Å². The Bertz CT molecular complexity index is 154. The molecule has 2 nitrogen and oxygen atoms in total. The van der Waals surface area contributed by atoms with Crippen LogP contribution in [0, 0.1) is 0 Å². The fourth-order valence-corrected chi connectivity index (χ4v) is 0.370. The zero-order valence-corrected chi connectivity index (χ0v) is 5.59. The summed E-state index contributed by atoms with van der Waals surface area (Å²) in [7, 11) is 0. The van der Waals surface area contributed by atoms with Gasteiger partial charge >= 0.3 is 0 Å². The van der Waals surface area contributed by atoms with Crippen molar-refractivity contribution in [1.29, 1.82) is 0 Å². The van der Waals surface area contributed by atoms with Gasteiger partial charge in [-0.2, -0.15) is 0 Å². The Kier molecular flexibility index (Phi) is 3.28. The van der Waals surface area contributed by atoms with Crippen LogP contribution in [0.3, 0.4) is 0 Å². The van der Waals surface area contributed by atoms with Gasteiger partial charge in [0, 0.05) is 5.70 Å². The Morgan fingerprint density at radius 3 is 2.44 bits per heavy atom. The van der Waals surface area contributed by atoms with Crippen LogP contribution >= 0.6 is 0 Å². The molecule has 0 atom stereocenters. The molecule has 0 aromatic rings. The highest BCUT2D eigenvalue weighted by molar-refractivity contribution is 5.24. The van der Waals surface area contributed by atoms with E-state index < -0.39 is 0 Å². The van der Waals surface area contributed by atoms with Crippen molar-refractivity contribution in [3.8, 4) is 0 Å². The lowest BCUT2D eigenvalue weighted by Gasteiger charge is -1.90. The molecule has 0 aliphatic rings. The minimum absolute atomic E-state index is 0.634. The molecule has 0 rings (SSSR count). The molecular weight excluding hydrogens is 112 g/mol. The van der Waals surface area contributed by atoms with Crippen molar-refractivity contribution in [2.75, 3.05) is 0 Å². The Hall–Kier alpha value is -1.18. The van der Waals surface area contributed by atoms with Crippen molar-refractivity contribution in [3.63, 3.8) is 0 Å². The summed E-state index contributed by atoms with van der Waals surface area (Å²) < 4.78 is 0. The first-order valence-electron chi connectivity index (χ1n) is 2.68. The highest BCUT2D eigenvalue weighted by Gasteiger charge is 1.80. The van der Waals surface area contributed by atoms with Crippen LogP contribution in [0.1, 0.15) is 6.92 Å². The Balaban J connectivity index is 4.11.